The molecular weight excluding hydrogens is 388 g/mol. The Labute approximate surface area is 197 Å². The van der Waals surface area contributed by atoms with E-state index in [9.17, 15) is 4.79 Å². The summed E-state index contributed by atoms with van der Waals surface area (Å²) in [5, 5.41) is 0. The number of allylic oxidation sites excluding steroid dienone is 18. The van der Waals surface area contributed by atoms with E-state index < -0.39 is 0 Å². The highest BCUT2D eigenvalue weighted by Crippen LogP contribution is 2.40. The average Bonchev–Trinajstić information content (AvgIpc) is 2.70. The lowest BCUT2D eigenvalue weighted by Crippen LogP contribution is -2.19. The maximum absolute atomic E-state index is 11.2. The summed E-state index contributed by atoms with van der Waals surface area (Å²) in [5.41, 5.74) is 7.67. The van der Waals surface area contributed by atoms with E-state index in [1.165, 1.54) is 41.6 Å². The molecule has 172 valence electrons. The lowest BCUT2D eigenvalue weighted by molar-refractivity contribution is -0.113. The number of carbonyl (C=O) groups is 1. The van der Waals surface area contributed by atoms with Gasteiger partial charge in [0.15, 0.2) is 5.78 Å². The highest BCUT2D eigenvalue weighted by atomic mass is 16.1. The van der Waals surface area contributed by atoms with Gasteiger partial charge in [0.2, 0.25) is 0 Å². The topological polar surface area (TPSA) is 17.1 Å². The van der Waals surface area contributed by atoms with Crippen molar-refractivity contribution < 1.29 is 4.79 Å². The third-order valence-corrected chi connectivity index (χ3v) is 5.86. The zero-order chi connectivity index (χ0) is 24.1. The molecule has 1 aliphatic carbocycles. The van der Waals surface area contributed by atoms with Crippen LogP contribution in [0.1, 0.15) is 74.7 Å². The van der Waals surface area contributed by atoms with Crippen LogP contribution in [0, 0.1) is 5.41 Å². The van der Waals surface area contributed by atoms with Gasteiger partial charge in [-0.2, -0.15) is 0 Å². The molecule has 1 heteroatoms. The van der Waals surface area contributed by atoms with Crippen LogP contribution in [-0.2, 0) is 4.79 Å². The fraction of sp³-hybridized carbons (Fsp3) is 0.387. The molecule has 0 spiro atoms. The minimum atomic E-state index is 0.103. The summed E-state index contributed by atoms with van der Waals surface area (Å²) in [6.45, 7) is 16.7. The maximum atomic E-state index is 11.2. The van der Waals surface area contributed by atoms with Gasteiger partial charge in [0, 0.05) is 0 Å². The van der Waals surface area contributed by atoms with Gasteiger partial charge < -0.3 is 0 Å². The van der Waals surface area contributed by atoms with E-state index >= 15 is 0 Å². The number of Topliss-reactive ketones (excluding diaryl/α,β-unsaturated/α-hetero) is 1. The van der Waals surface area contributed by atoms with Crippen molar-refractivity contribution in [2.45, 2.75) is 74.7 Å². The molecule has 0 aliphatic heterocycles. The number of hydrogen-bond acceptors (Lipinski definition) is 1. The standard InChI is InChI=1S/C31H42O/c1-24(14-9-10-15-25(2)18-12-19-27(4)29(6)32)16-11-17-26(3)21-22-30-28(5)20-13-23-31(30,7)8/h9-12,14-19,21-22H,13,20,23H2,1-8H3/b10-9+,16-11+,18-12+,22-21+,24-14+,25-15+,26-17+,27-19+. The summed E-state index contributed by atoms with van der Waals surface area (Å²) >= 11 is 0. The molecule has 0 aromatic rings. The van der Waals surface area contributed by atoms with Gasteiger partial charge in [-0.25, -0.2) is 0 Å². The molecule has 0 aromatic heterocycles. The van der Waals surface area contributed by atoms with Crippen molar-refractivity contribution in [1.82, 2.24) is 0 Å². The number of carbonyl (C=O) groups excluding carboxylic acids is 1. The van der Waals surface area contributed by atoms with Crippen LogP contribution < -0.4 is 0 Å². The minimum Gasteiger partial charge on any atom is -0.295 e. The van der Waals surface area contributed by atoms with Gasteiger partial charge in [-0.05, 0) is 77.4 Å². The molecule has 0 radical (unpaired) electrons. The van der Waals surface area contributed by atoms with Crippen LogP contribution in [0.5, 0.6) is 0 Å². The Hall–Kier alpha value is -2.67. The molecule has 0 aromatic carbocycles. The number of rotatable bonds is 9. The second kappa shape index (κ2) is 13.7. The predicted molar refractivity (Wildman–Crippen MR) is 143 cm³/mol. The van der Waals surface area contributed by atoms with Crippen molar-refractivity contribution in [3.8, 4) is 0 Å². The van der Waals surface area contributed by atoms with Gasteiger partial charge in [0.1, 0.15) is 0 Å². The van der Waals surface area contributed by atoms with E-state index in [1.54, 1.807) is 6.92 Å². The van der Waals surface area contributed by atoms with E-state index in [-0.39, 0.29) is 11.2 Å². The van der Waals surface area contributed by atoms with Crippen molar-refractivity contribution in [2.24, 2.45) is 5.41 Å². The third-order valence-electron chi connectivity index (χ3n) is 5.86. The summed E-state index contributed by atoms with van der Waals surface area (Å²) < 4.78 is 0. The Bertz CT molecular complexity index is 931. The van der Waals surface area contributed by atoms with Crippen molar-refractivity contribution >= 4 is 5.78 Å². The first-order valence-corrected chi connectivity index (χ1v) is 11.6. The number of ketones is 1. The molecule has 0 saturated heterocycles. The molecule has 1 rings (SSSR count). The molecule has 0 heterocycles. The first kappa shape index (κ1) is 27.4. The molecule has 0 unspecified atom stereocenters. The van der Waals surface area contributed by atoms with Crippen molar-refractivity contribution in [1.29, 1.82) is 0 Å². The van der Waals surface area contributed by atoms with Crippen LogP contribution in [0.3, 0.4) is 0 Å². The second-order valence-electron chi connectivity index (χ2n) is 9.51. The molecule has 1 nitrogen and oxygen atoms in total. The summed E-state index contributed by atoms with van der Waals surface area (Å²) in [4.78, 5) is 11.2. The average molecular weight is 431 g/mol. The first-order valence-electron chi connectivity index (χ1n) is 11.6. The van der Waals surface area contributed by atoms with Crippen molar-refractivity contribution in [2.75, 3.05) is 0 Å². The molecule has 0 atom stereocenters. The van der Waals surface area contributed by atoms with Crippen LogP contribution in [-0.4, -0.2) is 5.78 Å². The molecule has 32 heavy (non-hydrogen) atoms. The van der Waals surface area contributed by atoms with Crippen molar-refractivity contribution in [3.63, 3.8) is 0 Å². The van der Waals surface area contributed by atoms with Crippen LogP contribution in [0.2, 0.25) is 0 Å². The van der Waals surface area contributed by atoms with Gasteiger partial charge in [-0.15, -0.1) is 0 Å². The lowest BCUT2D eigenvalue weighted by Gasteiger charge is -2.32. The Morgan fingerprint density at radius 1 is 0.750 bits per heavy atom. The monoisotopic (exact) mass is 430 g/mol. The van der Waals surface area contributed by atoms with E-state index in [0.29, 0.717) is 0 Å². The lowest BCUT2D eigenvalue weighted by atomic mass is 9.72. The van der Waals surface area contributed by atoms with E-state index in [0.717, 1.165) is 11.1 Å². The van der Waals surface area contributed by atoms with Gasteiger partial charge in [-0.1, -0.05) is 109 Å². The van der Waals surface area contributed by atoms with Gasteiger partial charge >= 0.3 is 0 Å². The largest absolute Gasteiger partial charge is 0.295 e. The molecule has 0 fully saturated rings. The molecule has 0 N–H and O–H groups in total. The summed E-state index contributed by atoms with van der Waals surface area (Å²) in [6.07, 6.45) is 28.7. The highest BCUT2D eigenvalue weighted by Gasteiger charge is 2.26. The van der Waals surface area contributed by atoms with Crippen LogP contribution >= 0.6 is 0 Å². The molecular formula is C31H42O. The maximum Gasteiger partial charge on any atom is 0.155 e. The van der Waals surface area contributed by atoms with Gasteiger partial charge in [0.05, 0.1) is 0 Å². The molecule has 1 aliphatic rings. The zero-order valence-corrected chi connectivity index (χ0v) is 21.5. The van der Waals surface area contributed by atoms with Crippen molar-refractivity contribution in [3.05, 3.63) is 106 Å². The quantitative estimate of drug-likeness (QED) is 0.263. The predicted octanol–water partition coefficient (Wildman–Crippen LogP) is 9.11. The zero-order valence-electron chi connectivity index (χ0n) is 21.5. The first-order chi connectivity index (χ1) is 15.0. The van der Waals surface area contributed by atoms with E-state index in [2.05, 4.69) is 77.2 Å². The molecule has 0 bridgehead atoms. The molecule has 0 amide bonds. The molecule has 0 saturated carbocycles. The summed E-state index contributed by atoms with van der Waals surface area (Å²) in [7, 11) is 0. The third kappa shape index (κ3) is 10.6. The van der Waals surface area contributed by atoms with Crippen LogP contribution in [0.4, 0.5) is 0 Å². The Balaban J connectivity index is 2.65. The Morgan fingerprint density at radius 2 is 1.25 bits per heavy atom. The minimum absolute atomic E-state index is 0.103. The normalized spacial score (nSPS) is 19.4. The van der Waals surface area contributed by atoms with E-state index in [1.807, 2.05) is 44.2 Å². The Kier molecular flexibility index (Phi) is 11.7. The van der Waals surface area contributed by atoms with Crippen LogP contribution in [0.25, 0.3) is 0 Å². The van der Waals surface area contributed by atoms with Crippen LogP contribution in [0.15, 0.2) is 106 Å². The van der Waals surface area contributed by atoms with E-state index in [4.69, 9.17) is 0 Å². The summed E-state index contributed by atoms with van der Waals surface area (Å²) in [6, 6.07) is 0. The highest BCUT2D eigenvalue weighted by molar-refractivity contribution is 5.92. The SMILES string of the molecule is CC(=O)/C(C)=C/C=C/C(C)=C/C=C/C=C(C)/C=C/C=C(C)/C=C/C1=C(C)CCCC1(C)C. The van der Waals surface area contributed by atoms with Gasteiger partial charge in [-0.3, -0.25) is 4.79 Å². The summed E-state index contributed by atoms with van der Waals surface area (Å²) in [5.74, 6) is 0.103. The smallest absolute Gasteiger partial charge is 0.155 e. The number of hydrogen-bond donors (Lipinski definition) is 0. The second-order valence-corrected chi connectivity index (χ2v) is 9.51. The van der Waals surface area contributed by atoms with Gasteiger partial charge in [0.25, 0.3) is 0 Å². The fourth-order valence-corrected chi connectivity index (χ4v) is 3.62. The fourth-order valence-electron chi connectivity index (χ4n) is 3.62. The Morgan fingerprint density at radius 3 is 1.78 bits per heavy atom.